The first-order valence-electron chi connectivity index (χ1n) is 8.81. The molecular weight excluding hydrogens is 304 g/mol. The van der Waals surface area contributed by atoms with Crippen LogP contribution in [-0.2, 0) is 9.53 Å². The van der Waals surface area contributed by atoms with Crippen LogP contribution in [0.5, 0.6) is 0 Å². The molecule has 0 atom stereocenters. The van der Waals surface area contributed by atoms with Gasteiger partial charge in [-0.1, -0.05) is 30.3 Å². The molecule has 0 radical (unpaired) electrons. The van der Waals surface area contributed by atoms with Crippen molar-refractivity contribution in [2.75, 3.05) is 33.3 Å². The molecule has 2 fully saturated rings. The Balaban J connectivity index is 1.60. The summed E-state index contributed by atoms with van der Waals surface area (Å²) in [7, 11) is 1.63. The topological polar surface area (TPSA) is 58.6 Å². The van der Waals surface area contributed by atoms with Gasteiger partial charge in [0.05, 0.1) is 0 Å². The largest absolute Gasteiger partial charge is 0.368 e. The third-order valence-corrected chi connectivity index (χ3v) is 5.40. The van der Waals surface area contributed by atoms with Crippen molar-refractivity contribution in [2.45, 2.75) is 31.3 Å². The van der Waals surface area contributed by atoms with E-state index in [2.05, 4.69) is 5.32 Å². The molecule has 24 heavy (non-hydrogen) atoms. The zero-order valence-electron chi connectivity index (χ0n) is 14.3. The minimum atomic E-state index is -0.679. The van der Waals surface area contributed by atoms with Crippen LogP contribution >= 0.6 is 0 Å². The fourth-order valence-corrected chi connectivity index (χ4v) is 3.81. The lowest BCUT2D eigenvalue weighted by Crippen LogP contribution is -2.56. The van der Waals surface area contributed by atoms with E-state index >= 15 is 0 Å². The summed E-state index contributed by atoms with van der Waals surface area (Å²) in [5.41, 5.74) is 0.0932. The van der Waals surface area contributed by atoms with E-state index in [1.165, 1.54) is 0 Å². The highest BCUT2D eigenvalue weighted by molar-refractivity contribution is 5.98. The Morgan fingerprint density at radius 1 is 1.12 bits per heavy atom. The van der Waals surface area contributed by atoms with E-state index < -0.39 is 5.60 Å². The number of methoxy groups -OCH3 is 1. The predicted molar refractivity (Wildman–Crippen MR) is 91.9 cm³/mol. The highest BCUT2D eigenvalue weighted by atomic mass is 16.5. The maximum absolute atomic E-state index is 12.9. The minimum absolute atomic E-state index is 0.0166. The second kappa shape index (κ2) is 7.45. The molecule has 2 aliphatic rings. The fourth-order valence-electron chi connectivity index (χ4n) is 3.81. The Morgan fingerprint density at radius 3 is 2.33 bits per heavy atom. The zero-order valence-corrected chi connectivity index (χ0v) is 14.3. The van der Waals surface area contributed by atoms with Gasteiger partial charge in [-0.15, -0.1) is 0 Å². The third-order valence-electron chi connectivity index (χ3n) is 5.40. The van der Waals surface area contributed by atoms with Gasteiger partial charge in [-0.3, -0.25) is 9.59 Å². The average Bonchev–Trinajstić information content (AvgIpc) is 2.68. The minimum Gasteiger partial charge on any atom is -0.368 e. The molecule has 0 aromatic heterocycles. The summed E-state index contributed by atoms with van der Waals surface area (Å²) in [5.74, 6) is 0.311. The van der Waals surface area contributed by atoms with Crippen molar-refractivity contribution >= 4 is 11.7 Å². The van der Waals surface area contributed by atoms with E-state index in [0.717, 1.165) is 31.5 Å². The molecular formula is C19H26N2O3. The molecule has 0 bridgehead atoms. The number of likely N-dealkylation sites (tertiary alicyclic amines) is 1. The summed E-state index contributed by atoms with van der Waals surface area (Å²) in [5, 5.41) is 3.28. The predicted octanol–water partition coefficient (Wildman–Crippen LogP) is 1.88. The molecule has 0 saturated carbocycles. The van der Waals surface area contributed by atoms with E-state index in [4.69, 9.17) is 4.74 Å². The standard InChI is InChI=1S/C19H26N2O3/c1-24-19(9-11-20-12-10-19)18(23)21-13-7-16(8-14-21)17(22)15-5-3-2-4-6-15/h2-6,16,20H,7-14H2,1H3. The first-order chi connectivity index (χ1) is 11.7. The van der Waals surface area contributed by atoms with Gasteiger partial charge in [-0.25, -0.2) is 0 Å². The van der Waals surface area contributed by atoms with Crippen molar-refractivity contribution in [1.29, 1.82) is 0 Å². The lowest BCUT2D eigenvalue weighted by atomic mass is 9.86. The first kappa shape index (κ1) is 17.1. The number of nitrogens with zero attached hydrogens (tertiary/aromatic N) is 1. The van der Waals surface area contributed by atoms with Crippen LogP contribution < -0.4 is 5.32 Å². The van der Waals surface area contributed by atoms with Crippen LogP contribution in [0.3, 0.4) is 0 Å². The van der Waals surface area contributed by atoms with Crippen LogP contribution in [0.4, 0.5) is 0 Å². The molecule has 5 nitrogen and oxygen atoms in total. The van der Waals surface area contributed by atoms with E-state index in [0.29, 0.717) is 25.9 Å². The summed E-state index contributed by atoms with van der Waals surface area (Å²) < 4.78 is 5.64. The van der Waals surface area contributed by atoms with Gasteiger partial charge in [-0.2, -0.15) is 0 Å². The average molecular weight is 330 g/mol. The molecule has 0 unspecified atom stereocenters. The van der Waals surface area contributed by atoms with Crippen LogP contribution in [-0.4, -0.2) is 55.5 Å². The number of piperidine rings is 2. The molecule has 130 valence electrons. The zero-order chi connectivity index (χ0) is 17.0. The molecule has 1 N–H and O–H groups in total. The van der Waals surface area contributed by atoms with Gasteiger partial charge in [-0.05, 0) is 38.8 Å². The van der Waals surface area contributed by atoms with Crippen LogP contribution in [0.2, 0.25) is 0 Å². The number of amides is 1. The highest BCUT2D eigenvalue weighted by Crippen LogP contribution is 2.29. The number of ether oxygens (including phenoxy) is 1. The molecule has 2 saturated heterocycles. The van der Waals surface area contributed by atoms with E-state index in [9.17, 15) is 9.59 Å². The SMILES string of the molecule is COC1(C(=O)N2CCC(C(=O)c3ccccc3)CC2)CCNCC1. The van der Waals surface area contributed by atoms with Crippen molar-refractivity contribution in [3.8, 4) is 0 Å². The molecule has 2 heterocycles. The van der Waals surface area contributed by atoms with E-state index in [1.807, 2.05) is 35.2 Å². The van der Waals surface area contributed by atoms with Gasteiger partial charge in [0.1, 0.15) is 5.60 Å². The summed E-state index contributed by atoms with van der Waals surface area (Å²) in [6.07, 6.45) is 2.89. The van der Waals surface area contributed by atoms with Crippen molar-refractivity contribution in [3.05, 3.63) is 35.9 Å². The number of benzene rings is 1. The first-order valence-corrected chi connectivity index (χ1v) is 8.81. The molecule has 1 amide bonds. The number of hydrogen-bond donors (Lipinski definition) is 1. The molecule has 5 heteroatoms. The summed E-state index contributed by atoms with van der Waals surface area (Å²) in [6.45, 7) is 2.90. The lowest BCUT2D eigenvalue weighted by molar-refractivity contribution is -0.159. The number of carbonyl (C=O) groups is 2. The number of ketones is 1. The molecule has 3 rings (SSSR count). The van der Waals surface area contributed by atoms with Crippen LogP contribution in [0.25, 0.3) is 0 Å². The normalized spacial score (nSPS) is 21.5. The molecule has 0 spiro atoms. The maximum Gasteiger partial charge on any atom is 0.254 e. The highest BCUT2D eigenvalue weighted by Gasteiger charge is 2.43. The number of rotatable bonds is 4. The van der Waals surface area contributed by atoms with Gasteiger partial charge in [0.2, 0.25) is 0 Å². The third kappa shape index (κ3) is 3.37. The van der Waals surface area contributed by atoms with Crippen molar-refractivity contribution in [2.24, 2.45) is 5.92 Å². The number of hydrogen-bond acceptors (Lipinski definition) is 4. The lowest BCUT2D eigenvalue weighted by Gasteiger charge is -2.41. The van der Waals surface area contributed by atoms with Crippen molar-refractivity contribution < 1.29 is 14.3 Å². The second-order valence-electron chi connectivity index (χ2n) is 6.75. The number of carbonyl (C=O) groups excluding carboxylic acids is 2. The Labute approximate surface area is 143 Å². The molecule has 2 aliphatic heterocycles. The number of Topliss-reactive ketones (excluding diaryl/α,β-unsaturated/α-hetero) is 1. The molecule has 1 aromatic carbocycles. The molecule has 0 aliphatic carbocycles. The summed E-state index contributed by atoms with van der Waals surface area (Å²) >= 11 is 0. The van der Waals surface area contributed by atoms with E-state index in [-0.39, 0.29) is 17.6 Å². The van der Waals surface area contributed by atoms with Crippen LogP contribution in [0.15, 0.2) is 30.3 Å². The second-order valence-corrected chi connectivity index (χ2v) is 6.75. The summed E-state index contributed by atoms with van der Waals surface area (Å²) in [4.78, 5) is 27.4. The van der Waals surface area contributed by atoms with Gasteiger partial charge in [0.25, 0.3) is 5.91 Å². The Morgan fingerprint density at radius 2 is 1.75 bits per heavy atom. The Bertz CT molecular complexity index is 574. The monoisotopic (exact) mass is 330 g/mol. The molecule has 1 aromatic rings. The van der Waals surface area contributed by atoms with Gasteiger partial charge >= 0.3 is 0 Å². The number of nitrogens with one attached hydrogen (secondary N) is 1. The Hall–Kier alpha value is -1.72. The maximum atomic E-state index is 12.9. The quantitative estimate of drug-likeness (QED) is 0.857. The van der Waals surface area contributed by atoms with E-state index in [1.54, 1.807) is 7.11 Å². The van der Waals surface area contributed by atoms with Gasteiger partial charge in [0.15, 0.2) is 5.78 Å². The van der Waals surface area contributed by atoms with Gasteiger partial charge < -0.3 is 15.0 Å². The Kier molecular flexibility index (Phi) is 5.31. The van der Waals surface area contributed by atoms with Crippen molar-refractivity contribution in [1.82, 2.24) is 10.2 Å². The fraction of sp³-hybridized carbons (Fsp3) is 0.579. The van der Waals surface area contributed by atoms with Crippen LogP contribution in [0.1, 0.15) is 36.0 Å². The van der Waals surface area contributed by atoms with Crippen LogP contribution in [0, 0.1) is 5.92 Å². The van der Waals surface area contributed by atoms with Gasteiger partial charge in [0, 0.05) is 31.7 Å². The smallest absolute Gasteiger partial charge is 0.254 e. The summed E-state index contributed by atoms with van der Waals surface area (Å²) in [6, 6.07) is 9.45. The van der Waals surface area contributed by atoms with Crippen molar-refractivity contribution in [3.63, 3.8) is 0 Å².